The smallest absolute Gasteiger partial charge is 0.146 e. The molecular weight excluding hydrogens is 268 g/mol. The minimum absolute atomic E-state index is 0.306. The van der Waals surface area contributed by atoms with Crippen molar-refractivity contribution in [3.8, 4) is 0 Å². The molecule has 0 amide bonds. The van der Waals surface area contributed by atoms with E-state index >= 15 is 0 Å². The average molecular weight is 286 g/mol. The van der Waals surface area contributed by atoms with Gasteiger partial charge in [-0.15, -0.1) is 11.3 Å². The molecule has 0 saturated carbocycles. The minimum Gasteiger partial charge on any atom is -0.383 e. The molecule has 0 radical (unpaired) electrons. The number of hydrogen-bond acceptors (Lipinski definition) is 4. The van der Waals surface area contributed by atoms with Crippen molar-refractivity contribution in [3.63, 3.8) is 0 Å². The summed E-state index contributed by atoms with van der Waals surface area (Å²) in [7, 11) is 0. The largest absolute Gasteiger partial charge is 0.383 e. The number of nitrogens with two attached hydrogens (primary N) is 1. The first-order valence-corrected chi connectivity index (χ1v) is 7.64. The quantitative estimate of drug-likeness (QED) is 0.799. The number of nitrogens with zero attached hydrogens (tertiary/aromatic N) is 3. The number of rotatable bonds is 3. The Balaban J connectivity index is 2.31. The summed E-state index contributed by atoms with van der Waals surface area (Å²) in [5, 5.41) is 3.11. The van der Waals surface area contributed by atoms with Crippen LogP contribution in [0.5, 0.6) is 0 Å². The van der Waals surface area contributed by atoms with Crippen LogP contribution in [-0.4, -0.2) is 14.5 Å². The van der Waals surface area contributed by atoms with Crippen molar-refractivity contribution in [3.05, 3.63) is 40.0 Å². The molecule has 5 heteroatoms. The molecule has 0 spiro atoms. The molecule has 3 aromatic heterocycles. The second-order valence-corrected chi connectivity index (χ2v) is 5.96. The third-order valence-corrected chi connectivity index (χ3v) is 4.91. The lowest BCUT2D eigenvalue weighted by Crippen LogP contribution is -2.10. The van der Waals surface area contributed by atoms with Crippen molar-refractivity contribution in [2.45, 2.75) is 33.2 Å². The van der Waals surface area contributed by atoms with Crippen LogP contribution < -0.4 is 5.73 Å². The minimum atomic E-state index is 0.306. The lowest BCUT2D eigenvalue weighted by Gasteiger charge is -2.18. The van der Waals surface area contributed by atoms with Crippen LogP contribution in [0.25, 0.3) is 11.0 Å². The van der Waals surface area contributed by atoms with Gasteiger partial charge in [-0.2, -0.15) is 0 Å². The zero-order valence-corrected chi connectivity index (χ0v) is 12.7. The van der Waals surface area contributed by atoms with Crippen molar-refractivity contribution in [2.24, 2.45) is 0 Å². The first-order chi connectivity index (χ1) is 9.65. The van der Waals surface area contributed by atoms with Gasteiger partial charge in [0, 0.05) is 10.6 Å². The second-order valence-electron chi connectivity index (χ2n) is 4.98. The van der Waals surface area contributed by atoms with Crippen molar-refractivity contribution in [1.29, 1.82) is 0 Å². The molecule has 1 atom stereocenters. The number of aryl methyl sites for hydroxylation is 1. The zero-order valence-electron chi connectivity index (χ0n) is 11.9. The number of fused-ring (bicyclic) bond motifs is 1. The average Bonchev–Trinajstić information content (AvgIpc) is 3.04. The van der Waals surface area contributed by atoms with Crippen molar-refractivity contribution < 1.29 is 0 Å². The third-order valence-electron chi connectivity index (χ3n) is 3.93. The van der Waals surface area contributed by atoms with Crippen molar-refractivity contribution in [1.82, 2.24) is 14.5 Å². The summed E-state index contributed by atoms with van der Waals surface area (Å²) in [6.07, 6.45) is 2.57. The van der Waals surface area contributed by atoms with Crippen LogP contribution in [0.1, 0.15) is 35.5 Å². The standard InChI is InChI=1S/C15H18N4S/c1-4-11(12-6-5-7-20-12)19-10(3)9(2)13-14(16)17-8-18-15(13)19/h5-8,11H,4H2,1-3H3,(H2,16,17,18). The molecule has 20 heavy (non-hydrogen) atoms. The Morgan fingerprint density at radius 1 is 1.35 bits per heavy atom. The number of anilines is 1. The normalized spacial score (nSPS) is 12.9. The van der Waals surface area contributed by atoms with Crippen LogP contribution in [0.3, 0.4) is 0 Å². The zero-order chi connectivity index (χ0) is 14.3. The first kappa shape index (κ1) is 13.1. The first-order valence-electron chi connectivity index (χ1n) is 6.76. The predicted octanol–water partition coefficient (Wildman–Crippen LogP) is 3.69. The van der Waals surface area contributed by atoms with E-state index in [1.807, 2.05) is 0 Å². The van der Waals surface area contributed by atoms with E-state index in [9.17, 15) is 0 Å². The SMILES string of the molecule is CCC(c1cccs1)n1c(C)c(C)c2c(N)ncnc21. The molecule has 0 bridgehead atoms. The van der Waals surface area contributed by atoms with E-state index in [1.165, 1.54) is 16.1 Å². The second kappa shape index (κ2) is 4.90. The highest BCUT2D eigenvalue weighted by atomic mass is 32.1. The van der Waals surface area contributed by atoms with Crippen LogP contribution in [0.2, 0.25) is 0 Å². The van der Waals surface area contributed by atoms with Gasteiger partial charge < -0.3 is 10.3 Å². The van der Waals surface area contributed by atoms with Crippen LogP contribution in [0.15, 0.2) is 23.8 Å². The molecular formula is C15H18N4S. The summed E-state index contributed by atoms with van der Waals surface area (Å²) in [6.45, 7) is 6.43. The Labute approximate surface area is 122 Å². The van der Waals surface area contributed by atoms with Crippen LogP contribution >= 0.6 is 11.3 Å². The highest BCUT2D eigenvalue weighted by Gasteiger charge is 2.22. The van der Waals surface area contributed by atoms with Gasteiger partial charge in [-0.25, -0.2) is 9.97 Å². The van der Waals surface area contributed by atoms with E-state index in [2.05, 4.69) is 52.8 Å². The Bertz CT molecular complexity index is 743. The van der Waals surface area contributed by atoms with Gasteiger partial charge in [0.1, 0.15) is 17.8 Å². The van der Waals surface area contributed by atoms with Crippen LogP contribution in [-0.2, 0) is 0 Å². The Morgan fingerprint density at radius 2 is 2.15 bits per heavy atom. The van der Waals surface area contributed by atoms with Crippen LogP contribution in [0, 0.1) is 13.8 Å². The van der Waals surface area contributed by atoms with Crippen molar-refractivity contribution in [2.75, 3.05) is 5.73 Å². The summed E-state index contributed by atoms with van der Waals surface area (Å²) in [5.41, 5.74) is 9.36. The Morgan fingerprint density at radius 3 is 2.80 bits per heavy atom. The van der Waals surface area contributed by atoms with E-state index in [1.54, 1.807) is 17.7 Å². The maximum Gasteiger partial charge on any atom is 0.146 e. The molecule has 104 valence electrons. The summed E-state index contributed by atoms with van der Waals surface area (Å²) < 4.78 is 2.30. The fourth-order valence-corrected chi connectivity index (χ4v) is 3.73. The maximum atomic E-state index is 6.04. The molecule has 3 aromatic rings. The summed E-state index contributed by atoms with van der Waals surface area (Å²) >= 11 is 1.79. The van der Waals surface area contributed by atoms with Gasteiger partial charge in [-0.05, 0) is 37.3 Å². The van der Waals surface area contributed by atoms with E-state index in [-0.39, 0.29) is 0 Å². The lowest BCUT2D eigenvalue weighted by atomic mass is 10.1. The van der Waals surface area contributed by atoms with E-state index in [0.717, 1.165) is 17.5 Å². The molecule has 0 aliphatic carbocycles. The Hall–Kier alpha value is -1.88. The molecule has 4 nitrogen and oxygen atoms in total. The van der Waals surface area contributed by atoms with Crippen LogP contribution in [0.4, 0.5) is 5.82 Å². The van der Waals surface area contributed by atoms with Gasteiger partial charge >= 0.3 is 0 Å². The molecule has 1 unspecified atom stereocenters. The van der Waals surface area contributed by atoms with E-state index in [4.69, 9.17) is 5.73 Å². The summed E-state index contributed by atoms with van der Waals surface area (Å²) in [6, 6.07) is 4.59. The fraction of sp³-hybridized carbons (Fsp3) is 0.333. The van der Waals surface area contributed by atoms with Gasteiger partial charge in [0.2, 0.25) is 0 Å². The van der Waals surface area contributed by atoms with Gasteiger partial charge in [-0.3, -0.25) is 0 Å². The van der Waals surface area contributed by atoms with Crippen molar-refractivity contribution >= 4 is 28.2 Å². The number of hydrogen-bond donors (Lipinski definition) is 1. The molecule has 2 N–H and O–H groups in total. The molecule has 3 rings (SSSR count). The van der Waals surface area contributed by atoms with Gasteiger partial charge in [-0.1, -0.05) is 13.0 Å². The van der Waals surface area contributed by atoms with E-state index < -0.39 is 0 Å². The molecule has 3 heterocycles. The number of aromatic nitrogens is 3. The molecule has 0 fully saturated rings. The lowest BCUT2D eigenvalue weighted by molar-refractivity contribution is 0.577. The van der Waals surface area contributed by atoms with Gasteiger partial charge in [0.25, 0.3) is 0 Å². The predicted molar refractivity (Wildman–Crippen MR) is 84.2 cm³/mol. The molecule has 0 aliphatic rings. The highest BCUT2D eigenvalue weighted by Crippen LogP contribution is 2.35. The Kier molecular flexibility index (Phi) is 3.22. The third kappa shape index (κ3) is 1.81. The molecule has 0 aliphatic heterocycles. The highest BCUT2D eigenvalue weighted by molar-refractivity contribution is 7.10. The van der Waals surface area contributed by atoms with Gasteiger partial charge in [0.15, 0.2) is 0 Å². The summed E-state index contributed by atoms with van der Waals surface area (Å²) in [4.78, 5) is 9.96. The summed E-state index contributed by atoms with van der Waals surface area (Å²) in [5.74, 6) is 0.565. The fourth-order valence-electron chi connectivity index (χ4n) is 2.83. The monoisotopic (exact) mass is 286 g/mol. The van der Waals surface area contributed by atoms with E-state index in [0.29, 0.717) is 11.9 Å². The topological polar surface area (TPSA) is 56.7 Å². The molecule has 0 aromatic carbocycles. The number of nitrogen functional groups attached to an aromatic ring is 1. The maximum absolute atomic E-state index is 6.04. The molecule has 0 saturated heterocycles. The number of thiophene rings is 1. The van der Waals surface area contributed by atoms with Gasteiger partial charge in [0.05, 0.1) is 11.4 Å².